The molecule has 2 saturated heterocycles. The second kappa shape index (κ2) is 15.6. The van der Waals surface area contributed by atoms with Crippen LogP contribution in [0.15, 0.2) is 12.1 Å². The maximum Gasteiger partial charge on any atom is 0.320 e. The van der Waals surface area contributed by atoms with Crippen LogP contribution in [0.1, 0.15) is 165 Å². The molecule has 0 aliphatic carbocycles. The number of ether oxygens (including phenoxy) is 2. The summed E-state index contributed by atoms with van der Waals surface area (Å²) in [5, 5.41) is 15.1. The highest BCUT2D eigenvalue weighted by Crippen LogP contribution is 2.43. The van der Waals surface area contributed by atoms with E-state index in [-0.39, 0.29) is 45.2 Å². The monoisotopic (exact) mass is 717 g/mol. The molecule has 9 heteroatoms. The third kappa shape index (κ3) is 10.5. The Kier molecular flexibility index (Phi) is 13.3. The summed E-state index contributed by atoms with van der Waals surface area (Å²) in [5.41, 5.74) is 1.28. The third-order valence-electron chi connectivity index (χ3n) is 10.9. The van der Waals surface area contributed by atoms with Crippen molar-refractivity contribution in [2.24, 2.45) is 5.92 Å². The van der Waals surface area contributed by atoms with Crippen molar-refractivity contribution in [1.82, 2.24) is 10.1 Å². The minimum atomic E-state index is -1.00. The van der Waals surface area contributed by atoms with Crippen molar-refractivity contribution in [3.05, 3.63) is 28.8 Å². The van der Waals surface area contributed by atoms with Gasteiger partial charge in [-0.2, -0.15) is 10.1 Å². The first-order valence-corrected chi connectivity index (χ1v) is 19.1. The summed E-state index contributed by atoms with van der Waals surface area (Å²) in [7, 11) is 3.35. The number of phenols is 1. The molecule has 0 spiro atoms. The number of esters is 2. The molecule has 0 saturated carbocycles. The molecule has 3 rings (SSSR count). The van der Waals surface area contributed by atoms with Crippen LogP contribution in [0.2, 0.25) is 0 Å². The number of benzene rings is 1. The Bertz CT molecular complexity index is 1240. The molecular formula is C42H72N2O7. The quantitative estimate of drug-likeness (QED) is 0.129. The third-order valence-corrected chi connectivity index (χ3v) is 10.9. The molecule has 2 fully saturated rings. The number of hydrogen-bond acceptors (Lipinski definition) is 9. The summed E-state index contributed by atoms with van der Waals surface area (Å²) in [5.74, 6) is -1.62. The lowest BCUT2D eigenvalue weighted by Gasteiger charge is -2.53. The van der Waals surface area contributed by atoms with Gasteiger partial charge in [-0.1, -0.05) is 66.5 Å². The van der Waals surface area contributed by atoms with Crippen molar-refractivity contribution in [2.75, 3.05) is 14.2 Å². The number of unbranched alkanes of at least 4 members (excludes halogenated alkanes) is 2. The molecule has 9 nitrogen and oxygen atoms in total. The SMILES string of the molecule is CON1C(C)(C)CC(OC(=O)C(CCCCCc2cc(C(C)(C)C)c(O)c(C(C)(C)C)c2)C(=O)OC2CC(C)(C)N(OC)C(C)(C)C2)CC1(C)C. The number of nitrogens with zero attached hydrogens (tertiary/aromatic N) is 2. The lowest BCUT2D eigenvalue weighted by molar-refractivity contribution is -0.279. The Hall–Kier alpha value is -2.20. The summed E-state index contributed by atoms with van der Waals surface area (Å²) in [4.78, 5) is 39.5. The molecule has 0 radical (unpaired) electrons. The summed E-state index contributed by atoms with van der Waals surface area (Å²) < 4.78 is 12.4. The molecule has 0 atom stereocenters. The highest BCUT2D eigenvalue weighted by molar-refractivity contribution is 5.95. The van der Waals surface area contributed by atoms with Gasteiger partial charge in [0, 0.05) is 47.8 Å². The van der Waals surface area contributed by atoms with E-state index in [1.165, 1.54) is 5.56 Å². The number of piperidine rings is 2. The number of hydroxylamine groups is 4. The van der Waals surface area contributed by atoms with Gasteiger partial charge in [-0.05, 0) is 102 Å². The molecule has 0 bridgehead atoms. The smallest absolute Gasteiger partial charge is 0.320 e. The van der Waals surface area contributed by atoms with Gasteiger partial charge >= 0.3 is 11.9 Å². The van der Waals surface area contributed by atoms with Crippen LogP contribution in [0.25, 0.3) is 0 Å². The number of aromatic hydroxyl groups is 1. The van der Waals surface area contributed by atoms with Gasteiger partial charge < -0.3 is 24.3 Å². The Morgan fingerprint density at radius 2 is 1.04 bits per heavy atom. The molecule has 2 aliphatic heterocycles. The lowest BCUT2D eigenvalue weighted by Crippen LogP contribution is -2.62. The van der Waals surface area contributed by atoms with E-state index in [1.807, 2.05) is 10.1 Å². The van der Waals surface area contributed by atoms with Crippen LogP contribution in [-0.4, -0.2) is 75.8 Å². The van der Waals surface area contributed by atoms with E-state index < -0.39 is 17.9 Å². The number of carbonyl (C=O) groups is 2. The average molecular weight is 717 g/mol. The number of phenolic OH excluding ortho intramolecular Hbond substituents is 1. The fourth-order valence-electron chi connectivity index (χ4n) is 9.16. The summed E-state index contributed by atoms with van der Waals surface area (Å²) in [6.07, 6.45) is 5.29. The number of carbonyl (C=O) groups excluding carboxylic acids is 2. The van der Waals surface area contributed by atoms with Gasteiger partial charge in [-0.3, -0.25) is 9.59 Å². The van der Waals surface area contributed by atoms with Gasteiger partial charge in [-0.15, -0.1) is 0 Å². The molecule has 1 aromatic rings. The van der Waals surface area contributed by atoms with Crippen molar-refractivity contribution in [3.63, 3.8) is 0 Å². The van der Waals surface area contributed by atoms with E-state index in [0.29, 0.717) is 44.3 Å². The maximum atomic E-state index is 14.0. The van der Waals surface area contributed by atoms with Gasteiger partial charge in [0.05, 0.1) is 14.2 Å². The summed E-state index contributed by atoms with van der Waals surface area (Å²) in [6, 6.07) is 4.27. The first-order valence-electron chi connectivity index (χ1n) is 19.1. The van der Waals surface area contributed by atoms with Crippen molar-refractivity contribution >= 4 is 11.9 Å². The molecule has 0 unspecified atom stereocenters. The summed E-state index contributed by atoms with van der Waals surface area (Å²) in [6.45, 7) is 29.5. The highest BCUT2D eigenvalue weighted by atomic mass is 16.7. The zero-order valence-corrected chi connectivity index (χ0v) is 35.0. The Morgan fingerprint density at radius 1 is 0.686 bits per heavy atom. The van der Waals surface area contributed by atoms with E-state index in [4.69, 9.17) is 19.1 Å². The van der Waals surface area contributed by atoms with Crippen LogP contribution in [0.5, 0.6) is 5.75 Å². The molecule has 1 N–H and O–H groups in total. The molecule has 292 valence electrons. The predicted octanol–water partition coefficient (Wildman–Crippen LogP) is 8.96. The van der Waals surface area contributed by atoms with Crippen LogP contribution < -0.4 is 0 Å². The van der Waals surface area contributed by atoms with Gasteiger partial charge in [0.15, 0.2) is 5.92 Å². The van der Waals surface area contributed by atoms with Crippen molar-refractivity contribution in [2.45, 2.75) is 200 Å². The number of rotatable bonds is 12. The highest BCUT2D eigenvalue weighted by Gasteiger charge is 2.50. The van der Waals surface area contributed by atoms with Crippen LogP contribution in [-0.2, 0) is 46.0 Å². The second-order valence-electron chi connectivity index (χ2n) is 19.8. The number of hydrogen-bond donors (Lipinski definition) is 1. The maximum absolute atomic E-state index is 14.0. The van der Waals surface area contributed by atoms with Gasteiger partial charge in [-0.25, -0.2) is 0 Å². The average Bonchev–Trinajstić information content (AvgIpc) is 2.91. The fourth-order valence-corrected chi connectivity index (χ4v) is 9.16. The molecule has 0 aromatic heterocycles. The minimum absolute atomic E-state index is 0.191. The Balaban J connectivity index is 1.77. The molecule has 0 amide bonds. The van der Waals surface area contributed by atoms with E-state index in [1.54, 1.807) is 14.2 Å². The normalized spacial score (nSPS) is 21.5. The van der Waals surface area contributed by atoms with Crippen LogP contribution >= 0.6 is 0 Å². The van der Waals surface area contributed by atoms with Crippen LogP contribution in [0.4, 0.5) is 0 Å². The van der Waals surface area contributed by atoms with Gasteiger partial charge in [0.1, 0.15) is 18.0 Å². The molecule has 1 aromatic carbocycles. The second-order valence-corrected chi connectivity index (χ2v) is 19.8. The van der Waals surface area contributed by atoms with E-state index in [0.717, 1.165) is 30.4 Å². The first kappa shape index (κ1) is 43.2. The largest absolute Gasteiger partial charge is 0.507 e. The van der Waals surface area contributed by atoms with E-state index in [9.17, 15) is 14.7 Å². The van der Waals surface area contributed by atoms with E-state index >= 15 is 0 Å². The molecule has 51 heavy (non-hydrogen) atoms. The van der Waals surface area contributed by atoms with Crippen LogP contribution in [0.3, 0.4) is 0 Å². The number of aryl methyl sites for hydroxylation is 1. The minimum Gasteiger partial charge on any atom is -0.507 e. The molecule has 2 heterocycles. The predicted molar refractivity (Wildman–Crippen MR) is 203 cm³/mol. The zero-order chi connectivity index (χ0) is 39.0. The molecular weight excluding hydrogens is 644 g/mol. The Labute approximate surface area is 310 Å². The standard InChI is InChI=1S/C42H72N2O7/c1-37(2,3)32-22-28(23-33(34(32)45)38(4,5)6)20-18-17-19-21-31(35(46)50-29-24-39(7,8)43(48-15)40(9,10)25-29)36(47)51-30-26-41(11,12)44(49-16)42(13,14)27-30/h22-23,29-31,45H,17-21,24-27H2,1-16H3. The van der Waals surface area contributed by atoms with E-state index in [2.05, 4.69) is 109 Å². The van der Waals surface area contributed by atoms with Gasteiger partial charge in [0.25, 0.3) is 0 Å². The zero-order valence-electron chi connectivity index (χ0n) is 35.0. The lowest BCUT2D eigenvalue weighted by atomic mass is 9.78. The molecule has 2 aliphatic rings. The van der Waals surface area contributed by atoms with Crippen LogP contribution in [0, 0.1) is 5.92 Å². The first-order chi connectivity index (χ1) is 23.2. The van der Waals surface area contributed by atoms with Crippen molar-refractivity contribution in [3.8, 4) is 5.75 Å². The van der Waals surface area contributed by atoms with Gasteiger partial charge in [0.2, 0.25) is 0 Å². The fraction of sp³-hybridized carbons (Fsp3) is 0.810. The topological polar surface area (TPSA) is 97.8 Å². The van der Waals surface area contributed by atoms with Crippen molar-refractivity contribution < 1.29 is 33.8 Å². The van der Waals surface area contributed by atoms with Crippen molar-refractivity contribution in [1.29, 1.82) is 0 Å². The summed E-state index contributed by atoms with van der Waals surface area (Å²) >= 11 is 0. The Morgan fingerprint density at radius 3 is 1.35 bits per heavy atom.